The van der Waals surface area contributed by atoms with Gasteiger partial charge in [0.25, 0.3) is 0 Å². The van der Waals surface area contributed by atoms with E-state index in [-0.39, 0.29) is 22.9 Å². The van der Waals surface area contributed by atoms with Crippen LogP contribution in [0.5, 0.6) is 0 Å². The molecular formula is C14H10Cl6O4. The third-order valence-corrected chi connectivity index (χ3v) is 9.02. The quantitative estimate of drug-likeness (QED) is 0.388. The fourth-order valence-corrected chi connectivity index (χ4v) is 6.64. The molecule has 24 heavy (non-hydrogen) atoms. The largest absolute Gasteiger partial charge is 0.481 e. The van der Waals surface area contributed by atoms with Crippen molar-refractivity contribution in [1.82, 2.24) is 0 Å². The SMILES string of the molecule is O=C(O)CCC(=O)O[C@H]1C=C[C@@H]2[C@H]1[C@@]1(Cl)C(Cl)=C(Cl)[C@@]2(Cl)C1(Cl)Cl. The van der Waals surface area contributed by atoms with E-state index in [1.54, 1.807) is 12.2 Å². The molecule has 0 aliphatic heterocycles. The Hall–Kier alpha value is 0.160. The van der Waals surface area contributed by atoms with Crippen LogP contribution in [0.4, 0.5) is 0 Å². The topological polar surface area (TPSA) is 63.6 Å². The molecule has 0 radical (unpaired) electrons. The highest BCUT2D eigenvalue weighted by Gasteiger charge is 2.83. The first-order valence-corrected chi connectivity index (χ1v) is 9.17. The normalized spacial score (nSPS) is 41.7. The van der Waals surface area contributed by atoms with Gasteiger partial charge in [0.15, 0.2) is 4.33 Å². The lowest BCUT2D eigenvalue weighted by atomic mass is 9.83. The fourth-order valence-electron chi connectivity index (χ4n) is 3.63. The number of alkyl halides is 4. The molecular weight excluding hydrogens is 445 g/mol. The summed E-state index contributed by atoms with van der Waals surface area (Å²) in [5.41, 5.74) is 0. The number of hydrogen-bond acceptors (Lipinski definition) is 3. The van der Waals surface area contributed by atoms with Crippen LogP contribution in [-0.2, 0) is 14.3 Å². The number of esters is 1. The summed E-state index contributed by atoms with van der Waals surface area (Å²) >= 11 is 38.7. The third-order valence-electron chi connectivity index (χ3n) is 4.72. The molecule has 0 aromatic carbocycles. The van der Waals surface area contributed by atoms with E-state index in [1.807, 2.05) is 0 Å². The summed E-state index contributed by atoms with van der Waals surface area (Å²) in [5.74, 6) is -2.88. The molecule has 10 heteroatoms. The molecule has 5 atom stereocenters. The molecule has 0 spiro atoms. The number of rotatable bonds is 4. The van der Waals surface area contributed by atoms with Crippen LogP contribution in [0.1, 0.15) is 12.8 Å². The summed E-state index contributed by atoms with van der Waals surface area (Å²) in [6.45, 7) is 0. The molecule has 3 aliphatic rings. The summed E-state index contributed by atoms with van der Waals surface area (Å²) in [6, 6.07) is 0. The van der Waals surface area contributed by atoms with Gasteiger partial charge in [-0.3, -0.25) is 9.59 Å². The second-order valence-corrected chi connectivity index (χ2v) is 9.19. The number of hydrogen-bond donors (Lipinski definition) is 1. The van der Waals surface area contributed by atoms with E-state index < -0.39 is 44.0 Å². The molecule has 2 bridgehead atoms. The van der Waals surface area contributed by atoms with Crippen molar-refractivity contribution < 1.29 is 19.4 Å². The van der Waals surface area contributed by atoms with Crippen LogP contribution in [0.25, 0.3) is 0 Å². The van der Waals surface area contributed by atoms with E-state index >= 15 is 0 Å². The molecule has 0 heterocycles. The minimum atomic E-state index is -1.71. The van der Waals surface area contributed by atoms with Crippen molar-refractivity contribution in [3.63, 3.8) is 0 Å². The van der Waals surface area contributed by atoms with Crippen LogP contribution >= 0.6 is 69.6 Å². The average Bonchev–Trinajstić information content (AvgIpc) is 3.00. The molecule has 0 aromatic rings. The Morgan fingerprint density at radius 2 is 1.62 bits per heavy atom. The van der Waals surface area contributed by atoms with Gasteiger partial charge in [0.05, 0.1) is 22.9 Å². The molecule has 0 amide bonds. The van der Waals surface area contributed by atoms with Crippen molar-refractivity contribution in [2.24, 2.45) is 11.8 Å². The Morgan fingerprint density at radius 3 is 2.21 bits per heavy atom. The van der Waals surface area contributed by atoms with Gasteiger partial charge in [0, 0.05) is 11.8 Å². The molecule has 1 fully saturated rings. The van der Waals surface area contributed by atoms with E-state index in [0.29, 0.717) is 0 Å². The van der Waals surface area contributed by atoms with Gasteiger partial charge in [0.1, 0.15) is 15.9 Å². The highest BCUT2D eigenvalue weighted by Crippen LogP contribution is 2.78. The zero-order valence-corrected chi connectivity index (χ0v) is 16.3. The zero-order valence-electron chi connectivity index (χ0n) is 11.7. The summed E-state index contributed by atoms with van der Waals surface area (Å²) in [5, 5.41) is 8.74. The van der Waals surface area contributed by atoms with Gasteiger partial charge < -0.3 is 9.84 Å². The molecule has 1 N–H and O–H groups in total. The number of halogens is 6. The van der Waals surface area contributed by atoms with Crippen molar-refractivity contribution in [2.45, 2.75) is 33.0 Å². The van der Waals surface area contributed by atoms with Gasteiger partial charge in [-0.1, -0.05) is 52.5 Å². The third kappa shape index (κ3) is 2.14. The van der Waals surface area contributed by atoms with Gasteiger partial charge in [-0.05, 0) is 6.08 Å². The number of carbonyl (C=O) groups is 2. The molecule has 0 aromatic heterocycles. The van der Waals surface area contributed by atoms with Crippen molar-refractivity contribution in [1.29, 1.82) is 0 Å². The smallest absolute Gasteiger partial charge is 0.306 e. The Bertz CT molecular complexity index is 689. The van der Waals surface area contributed by atoms with E-state index in [0.717, 1.165) is 0 Å². The van der Waals surface area contributed by atoms with Crippen molar-refractivity contribution in [3.8, 4) is 0 Å². The van der Waals surface area contributed by atoms with Crippen LogP contribution in [0.2, 0.25) is 0 Å². The number of aliphatic carboxylic acids is 1. The monoisotopic (exact) mass is 452 g/mol. The van der Waals surface area contributed by atoms with Crippen molar-refractivity contribution in [2.75, 3.05) is 0 Å². The van der Waals surface area contributed by atoms with Crippen LogP contribution in [0, 0.1) is 11.8 Å². The standard InChI is InChI=1S/C14H10Cl6O4/c15-10-11(16)13(18)9-5(12(10,17)14(13,19)20)1-2-6(9)24-8(23)4-3-7(21)22/h1-2,5-6,9H,3-4H2,(H,21,22)/t5-,6+,9-,12-,13-/m1/s1. The number of carboxylic acids is 1. The van der Waals surface area contributed by atoms with Crippen LogP contribution in [0.3, 0.4) is 0 Å². The lowest BCUT2D eigenvalue weighted by Crippen LogP contribution is -2.47. The van der Waals surface area contributed by atoms with Gasteiger partial charge >= 0.3 is 11.9 Å². The molecule has 1 saturated carbocycles. The Kier molecular flexibility index (Phi) is 4.60. The number of carbonyl (C=O) groups excluding carboxylic acids is 1. The van der Waals surface area contributed by atoms with Gasteiger partial charge in [-0.15, -0.1) is 23.2 Å². The molecule has 4 nitrogen and oxygen atoms in total. The summed E-state index contributed by atoms with van der Waals surface area (Å²) in [7, 11) is 0. The first-order chi connectivity index (χ1) is 11.0. The van der Waals surface area contributed by atoms with Crippen LogP contribution in [0.15, 0.2) is 22.2 Å². The van der Waals surface area contributed by atoms with Crippen molar-refractivity contribution in [3.05, 3.63) is 22.2 Å². The van der Waals surface area contributed by atoms with Crippen LogP contribution in [-0.4, -0.2) is 37.2 Å². The highest BCUT2D eigenvalue weighted by molar-refractivity contribution is 6.65. The van der Waals surface area contributed by atoms with Gasteiger partial charge in [-0.2, -0.15) is 0 Å². The summed E-state index contributed by atoms with van der Waals surface area (Å²) in [4.78, 5) is 19.5. The maximum Gasteiger partial charge on any atom is 0.306 e. The molecule has 132 valence electrons. The predicted molar refractivity (Wildman–Crippen MR) is 93.2 cm³/mol. The van der Waals surface area contributed by atoms with E-state index in [1.165, 1.54) is 0 Å². The average molecular weight is 455 g/mol. The second kappa shape index (κ2) is 5.83. The highest BCUT2D eigenvalue weighted by atomic mass is 35.5. The first-order valence-electron chi connectivity index (χ1n) is 6.91. The molecule has 3 aliphatic carbocycles. The maximum atomic E-state index is 11.9. The van der Waals surface area contributed by atoms with Crippen LogP contribution < -0.4 is 0 Å². The Labute approximate surface area is 167 Å². The predicted octanol–water partition coefficient (Wildman–Crippen LogP) is 4.41. The number of fused-ring (bicyclic) bond motifs is 5. The maximum absolute atomic E-state index is 11.9. The van der Waals surface area contributed by atoms with Gasteiger partial charge in [-0.25, -0.2) is 0 Å². The Balaban J connectivity index is 1.89. The second-order valence-electron chi connectivity index (χ2n) is 5.91. The lowest BCUT2D eigenvalue weighted by Gasteiger charge is -2.35. The molecule has 3 rings (SSSR count). The first kappa shape index (κ1) is 18.9. The Morgan fingerprint density at radius 1 is 1.04 bits per heavy atom. The number of ether oxygens (including phenoxy) is 1. The minimum absolute atomic E-state index is 0.0300. The number of carboxylic acid groups (broad SMARTS) is 1. The van der Waals surface area contributed by atoms with E-state index in [2.05, 4.69) is 0 Å². The van der Waals surface area contributed by atoms with Gasteiger partial charge in [0.2, 0.25) is 0 Å². The molecule has 0 unspecified atom stereocenters. The zero-order chi connectivity index (χ0) is 18.1. The summed E-state index contributed by atoms with van der Waals surface area (Å²) < 4.78 is 3.64. The fraction of sp³-hybridized carbons (Fsp3) is 0.571. The lowest BCUT2D eigenvalue weighted by molar-refractivity contribution is -0.152. The minimum Gasteiger partial charge on any atom is -0.481 e. The van der Waals surface area contributed by atoms with E-state index in [4.69, 9.17) is 79.4 Å². The summed E-state index contributed by atoms with van der Waals surface area (Å²) in [6.07, 6.45) is 1.92. The van der Waals surface area contributed by atoms with E-state index in [9.17, 15) is 9.59 Å². The number of allylic oxidation sites excluding steroid dienone is 3. The molecule has 0 saturated heterocycles. The van der Waals surface area contributed by atoms with Crippen molar-refractivity contribution >= 4 is 81.5 Å².